The molecule has 1 aliphatic rings. The highest BCUT2D eigenvalue weighted by Crippen LogP contribution is 2.38. The van der Waals surface area contributed by atoms with Gasteiger partial charge in [0.15, 0.2) is 0 Å². The highest BCUT2D eigenvalue weighted by molar-refractivity contribution is 5.87. The maximum atomic E-state index is 12.8. The molecule has 1 aliphatic heterocycles. The molecule has 6 nitrogen and oxygen atoms in total. The molecular weight excluding hydrogens is 342 g/mol. The second kappa shape index (κ2) is 6.79. The number of benzene rings is 2. The Balaban J connectivity index is 1.79. The smallest absolute Gasteiger partial charge is 0.405 e. The number of rotatable bonds is 3. The fourth-order valence-corrected chi connectivity index (χ4v) is 3.86. The number of H-pyrrole nitrogens is 1. The van der Waals surface area contributed by atoms with Crippen molar-refractivity contribution in [3.8, 4) is 0 Å². The quantitative estimate of drug-likeness (QED) is 0.668. The number of carboxylic acid groups (broad SMARTS) is 1. The van der Waals surface area contributed by atoms with E-state index >= 15 is 0 Å². The van der Waals surface area contributed by atoms with Gasteiger partial charge in [-0.1, -0.05) is 48.0 Å². The summed E-state index contributed by atoms with van der Waals surface area (Å²) < 4.78 is 0. The van der Waals surface area contributed by atoms with Crippen LogP contribution in [0.2, 0.25) is 0 Å². The molecule has 0 bridgehead atoms. The minimum absolute atomic E-state index is 0.229. The van der Waals surface area contributed by atoms with E-state index in [-0.39, 0.29) is 18.5 Å². The van der Waals surface area contributed by atoms with Gasteiger partial charge in [0.1, 0.15) is 6.54 Å². The molecule has 0 radical (unpaired) electrons. The van der Waals surface area contributed by atoms with Crippen LogP contribution in [0.25, 0.3) is 10.9 Å². The third kappa shape index (κ3) is 3.14. The van der Waals surface area contributed by atoms with E-state index in [4.69, 9.17) is 5.11 Å². The van der Waals surface area contributed by atoms with E-state index in [1.54, 1.807) is 4.90 Å². The van der Waals surface area contributed by atoms with Crippen LogP contribution in [0.1, 0.15) is 28.4 Å². The van der Waals surface area contributed by atoms with Crippen LogP contribution >= 0.6 is 0 Å². The van der Waals surface area contributed by atoms with Crippen LogP contribution in [0.5, 0.6) is 0 Å². The van der Waals surface area contributed by atoms with Gasteiger partial charge in [0, 0.05) is 23.1 Å². The van der Waals surface area contributed by atoms with E-state index in [0.717, 1.165) is 28.8 Å². The van der Waals surface area contributed by atoms with Crippen molar-refractivity contribution in [3.63, 3.8) is 0 Å². The molecule has 2 heterocycles. The summed E-state index contributed by atoms with van der Waals surface area (Å²) >= 11 is 0. The van der Waals surface area contributed by atoms with Crippen molar-refractivity contribution in [1.29, 1.82) is 0 Å². The van der Waals surface area contributed by atoms with Crippen LogP contribution in [0.15, 0.2) is 48.5 Å². The molecule has 0 saturated carbocycles. The highest BCUT2D eigenvalue weighted by Gasteiger charge is 2.34. The van der Waals surface area contributed by atoms with Gasteiger partial charge in [-0.2, -0.15) is 0 Å². The molecule has 6 heteroatoms. The summed E-state index contributed by atoms with van der Waals surface area (Å²) in [5.74, 6) is -0.229. The standard InChI is InChI=1S/C21H21N3O3/c1-13-6-8-14(9-7-13)20-19-16(15-4-2-3-5-17(15)23-19)10-11-24(20)18(25)12-22-21(26)27/h2-9,20,22-23H,10-12H2,1H3,(H,26,27). The first-order valence-electron chi connectivity index (χ1n) is 8.97. The zero-order chi connectivity index (χ0) is 19.0. The van der Waals surface area contributed by atoms with E-state index < -0.39 is 6.09 Å². The molecule has 1 unspecified atom stereocenters. The van der Waals surface area contributed by atoms with Gasteiger partial charge in [-0.05, 0) is 30.5 Å². The van der Waals surface area contributed by atoms with Crippen molar-refractivity contribution >= 4 is 22.9 Å². The van der Waals surface area contributed by atoms with Gasteiger partial charge >= 0.3 is 6.09 Å². The van der Waals surface area contributed by atoms with Crippen molar-refractivity contribution in [2.45, 2.75) is 19.4 Å². The minimum atomic E-state index is -1.20. The average molecular weight is 363 g/mol. The van der Waals surface area contributed by atoms with Crippen LogP contribution in [0.4, 0.5) is 4.79 Å². The van der Waals surface area contributed by atoms with Crippen LogP contribution in [-0.2, 0) is 11.2 Å². The number of para-hydroxylation sites is 1. The van der Waals surface area contributed by atoms with Crippen LogP contribution in [0.3, 0.4) is 0 Å². The highest BCUT2D eigenvalue weighted by atomic mass is 16.4. The zero-order valence-electron chi connectivity index (χ0n) is 15.0. The molecule has 27 heavy (non-hydrogen) atoms. The van der Waals surface area contributed by atoms with Crippen LogP contribution in [0, 0.1) is 6.92 Å². The monoisotopic (exact) mass is 363 g/mol. The van der Waals surface area contributed by atoms with E-state index in [9.17, 15) is 9.59 Å². The lowest BCUT2D eigenvalue weighted by molar-refractivity contribution is -0.132. The summed E-state index contributed by atoms with van der Waals surface area (Å²) in [6, 6.07) is 16.0. The van der Waals surface area contributed by atoms with E-state index in [2.05, 4.69) is 16.4 Å². The molecule has 0 aliphatic carbocycles. The Hall–Kier alpha value is -3.28. The maximum absolute atomic E-state index is 12.8. The summed E-state index contributed by atoms with van der Waals surface area (Å²) in [5.41, 5.74) is 5.45. The third-order valence-electron chi connectivity index (χ3n) is 5.14. The first-order valence-corrected chi connectivity index (χ1v) is 8.97. The number of hydrogen-bond donors (Lipinski definition) is 3. The summed E-state index contributed by atoms with van der Waals surface area (Å²) in [5, 5.41) is 12.2. The Morgan fingerprint density at radius 1 is 1.19 bits per heavy atom. The number of aromatic amines is 1. The Morgan fingerprint density at radius 3 is 2.67 bits per heavy atom. The Labute approximate surface area is 156 Å². The number of hydrogen-bond acceptors (Lipinski definition) is 2. The lowest BCUT2D eigenvalue weighted by atomic mass is 9.92. The normalized spacial score (nSPS) is 16.2. The fraction of sp³-hybridized carbons (Fsp3) is 0.238. The molecule has 0 fully saturated rings. The predicted octanol–water partition coefficient (Wildman–Crippen LogP) is 3.22. The largest absolute Gasteiger partial charge is 0.465 e. The molecule has 2 aromatic carbocycles. The van der Waals surface area contributed by atoms with Gasteiger partial charge in [-0.3, -0.25) is 4.79 Å². The topological polar surface area (TPSA) is 85.4 Å². The Morgan fingerprint density at radius 2 is 1.93 bits per heavy atom. The molecule has 138 valence electrons. The number of fused-ring (bicyclic) bond motifs is 3. The number of nitrogens with zero attached hydrogens (tertiary/aromatic N) is 1. The minimum Gasteiger partial charge on any atom is -0.465 e. The summed E-state index contributed by atoms with van der Waals surface area (Å²) in [7, 11) is 0. The molecule has 4 rings (SSSR count). The average Bonchev–Trinajstić information content (AvgIpc) is 3.05. The van der Waals surface area contributed by atoms with Gasteiger partial charge in [0.2, 0.25) is 5.91 Å². The number of carbonyl (C=O) groups excluding carboxylic acids is 1. The summed E-state index contributed by atoms with van der Waals surface area (Å²) in [4.78, 5) is 28.8. The van der Waals surface area contributed by atoms with Gasteiger partial charge in [0.05, 0.1) is 6.04 Å². The second-order valence-electron chi connectivity index (χ2n) is 6.87. The number of amides is 2. The summed E-state index contributed by atoms with van der Waals surface area (Å²) in [6.07, 6.45) is -0.459. The number of aromatic nitrogens is 1. The third-order valence-corrected chi connectivity index (χ3v) is 5.14. The van der Waals surface area contributed by atoms with Crippen molar-refractivity contribution in [2.24, 2.45) is 0 Å². The van der Waals surface area contributed by atoms with E-state index in [1.807, 2.05) is 49.4 Å². The van der Waals surface area contributed by atoms with Crippen molar-refractivity contribution in [3.05, 3.63) is 70.9 Å². The number of carbonyl (C=O) groups is 2. The molecule has 0 saturated heterocycles. The lowest BCUT2D eigenvalue weighted by Crippen LogP contribution is -2.45. The fourth-order valence-electron chi connectivity index (χ4n) is 3.86. The molecular formula is C21H21N3O3. The van der Waals surface area contributed by atoms with Gasteiger partial charge in [0.25, 0.3) is 0 Å². The maximum Gasteiger partial charge on any atom is 0.405 e. The molecule has 1 aromatic heterocycles. The SMILES string of the molecule is Cc1ccc(C2c3[nH]c4ccccc4c3CCN2C(=O)CNC(=O)O)cc1. The number of nitrogens with one attached hydrogen (secondary N) is 2. The zero-order valence-corrected chi connectivity index (χ0v) is 15.0. The summed E-state index contributed by atoms with van der Waals surface area (Å²) in [6.45, 7) is 2.35. The van der Waals surface area contributed by atoms with Gasteiger partial charge < -0.3 is 20.3 Å². The van der Waals surface area contributed by atoms with Gasteiger partial charge in [-0.25, -0.2) is 4.79 Å². The lowest BCUT2D eigenvalue weighted by Gasteiger charge is -2.36. The van der Waals surface area contributed by atoms with Crippen molar-refractivity contribution in [2.75, 3.05) is 13.1 Å². The molecule has 0 spiro atoms. The molecule has 2 amide bonds. The number of aryl methyl sites for hydroxylation is 1. The van der Waals surface area contributed by atoms with E-state index in [0.29, 0.717) is 6.54 Å². The van der Waals surface area contributed by atoms with Crippen LogP contribution in [-0.4, -0.2) is 40.1 Å². The second-order valence-corrected chi connectivity index (χ2v) is 6.87. The first kappa shape index (κ1) is 17.1. The Kier molecular flexibility index (Phi) is 4.32. The predicted molar refractivity (Wildman–Crippen MR) is 103 cm³/mol. The first-order chi connectivity index (χ1) is 13.0. The van der Waals surface area contributed by atoms with Crippen molar-refractivity contribution in [1.82, 2.24) is 15.2 Å². The Bertz CT molecular complexity index is 1010. The molecule has 1 atom stereocenters. The van der Waals surface area contributed by atoms with Gasteiger partial charge in [-0.15, -0.1) is 0 Å². The molecule has 3 aromatic rings. The molecule has 3 N–H and O–H groups in total. The van der Waals surface area contributed by atoms with E-state index in [1.165, 1.54) is 10.9 Å². The van der Waals surface area contributed by atoms with Crippen molar-refractivity contribution < 1.29 is 14.7 Å². The van der Waals surface area contributed by atoms with Crippen LogP contribution < -0.4 is 5.32 Å².